The lowest BCUT2D eigenvalue weighted by Crippen LogP contribution is -2.39. The van der Waals surface area contributed by atoms with Crippen molar-refractivity contribution >= 4 is 61.2 Å². The van der Waals surface area contributed by atoms with Crippen LogP contribution < -0.4 is 4.74 Å². The SMILES string of the molecule is COc1cc([C@H]2C3=CC[C@@H]4C(=O)N(CCCC(=O)O)C(=O)[C@@H]4[C@@H]3CC3=C2C(=O)C=C(Br)C3=O)cc(Br)c1O. The first kappa shape index (κ1) is 26.6. The number of halogens is 2. The average molecular weight is 649 g/mol. The van der Waals surface area contributed by atoms with E-state index < -0.39 is 29.6 Å². The van der Waals surface area contributed by atoms with Crippen LogP contribution in [0.15, 0.2) is 50.0 Å². The smallest absolute Gasteiger partial charge is 0.303 e. The number of hydrogen-bond acceptors (Lipinski definition) is 7. The molecule has 1 heterocycles. The molecule has 1 saturated heterocycles. The van der Waals surface area contributed by atoms with Crippen molar-refractivity contribution in [2.75, 3.05) is 13.7 Å². The first-order chi connectivity index (χ1) is 18.0. The number of amides is 2. The fraction of sp³-hybridized carbons (Fsp3) is 0.370. The van der Waals surface area contributed by atoms with Crippen molar-refractivity contribution < 1.29 is 38.9 Å². The fourth-order valence-electron chi connectivity index (χ4n) is 6.18. The van der Waals surface area contributed by atoms with Crippen molar-refractivity contribution in [1.82, 2.24) is 4.90 Å². The van der Waals surface area contributed by atoms with Gasteiger partial charge >= 0.3 is 5.97 Å². The quantitative estimate of drug-likeness (QED) is 0.270. The maximum absolute atomic E-state index is 13.6. The average Bonchev–Trinajstić information content (AvgIpc) is 3.12. The topological polar surface area (TPSA) is 138 Å². The van der Waals surface area contributed by atoms with Crippen LogP contribution in [0.2, 0.25) is 0 Å². The number of ether oxygens (including phenoxy) is 1. The van der Waals surface area contributed by atoms with Crippen molar-refractivity contribution in [3.63, 3.8) is 0 Å². The van der Waals surface area contributed by atoms with Gasteiger partial charge in [0.25, 0.3) is 0 Å². The van der Waals surface area contributed by atoms with E-state index in [0.717, 1.165) is 10.5 Å². The number of phenols is 1. The summed E-state index contributed by atoms with van der Waals surface area (Å²) in [6.45, 7) is 0.0181. The Morgan fingerprint density at radius 2 is 1.87 bits per heavy atom. The van der Waals surface area contributed by atoms with Gasteiger partial charge in [0.05, 0.1) is 27.9 Å². The van der Waals surface area contributed by atoms with Crippen molar-refractivity contribution in [2.45, 2.75) is 31.6 Å². The molecule has 38 heavy (non-hydrogen) atoms. The number of benzene rings is 1. The van der Waals surface area contributed by atoms with Gasteiger partial charge in [-0.3, -0.25) is 28.9 Å². The van der Waals surface area contributed by atoms with Crippen molar-refractivity contribution in [3.8, 4) is 11.5 Å². The highest BCUT2D eigenvalue weighted by Crippen LogP contribution is 2.56. The van der Waals surface area contributed by atoms with Crippen LogP contribution in [0.4, 0.5) is 0 Å². The number of ketones is 2. The molecule has 0 unspecified atom stereocenters. The normalized spacial score (nSPS) is 26.6. The minimum Gasteiger partial charge on any atom is -0.503 e. The van der Waals surface area contributed by atoms with Gasteiger partial charge in [-0.2, -0.15) is 0 Å². The van der Waals surface area contributed by atoms with E-state index in [-0.39, 0.29) is 71.6 Å². The number of hydrogen-bond donors (Lipinski definition) is 2. The molecule has 0 aromatic heterocycles. The number of carboxylic acids is 1. The number of carbonyl (C=O) groups excluding carboxylic acids is 4. The third-order valence-corrected chi connectivity index (χ3v) is 8.99. The number of phenolic OH excluding ortho intramolecular Hbond substituents is 1. The highest BCUT2D eigenvalue weighted by Gasteiger charge is 2.56. The molecule has 0 saturated carbocycles. The first-order valence-electron chi connectivity index (χ1n) is 12.1. The van der Waals surface area contributed by atoms with E-state index in [1.54, 1.807) is 12.1 Å². The summed E-state index contributed by atoms with van der Waals surface area (Å²) in [7, 11) is 1.40. The molecule has 1 fully saturated rings. The van der Waals surface area contributed by atoms with Crippen molar-refractivity contribution in [3.05, 3.63) is 55.5 Å². The molecule has 1 aliphatic heterocycles. The van der Waals surface area contributed by atoms with Crippen molar-refractivity contribution in [2.24, 2.45) is 17.8 Å². The van der Waals surface area contributed by atoms with Gasteiger partial charge in [-0.05, 0) is 74.7 Å². The predicted molar refractivity (Wildman–Crippen MR) is 141 cm³/mol. The standard InChI is InChI=1S/C27H23Br2NO8/c1-38-19-8-11(7-16(28)25(19)35)21-12-4-5-13-22(27(37)30(26(13)36)6-2-3-20(32)33)14(12)9-15-23(21)18(31)10-17(29)24(15)34/h4,7-8,10,13-14,21-22,35H,2-3,5-6,9H2,1H3,(H,32,33)/t13-,14+,21-,22-/m0/s1. The number of aliphatic carboxylic acids is 1. The molecule has 3 aliphatic carbocycles. The van der Waals surface area contributed by atoms with E-state index in [1.165, 1.54) is 13.2 Å². The largest absolute Gasteiger partial charge is 0.503 e. The van der Waals surface area contributed by atoms with Crippen LogP contribution in [0, 0.1) is 17.8 Å². The Bertz CT molecular complexity index is 1410. The maximum Gasteiger partial charge on any atom is 0.303 e. The second-order valence-corrected chi connectivity index (χ2v) is 11.5. The van der Waals surface area contributed by atoms with E-state index in [4.69, 9.17) is 9.84 Å². The number of allylic oxidation sites excluding steroid dienone is 6. The second-order valence-electron chi connectivity index (χ2n) is 9.77. The fourth-order valence-corrected chi connectivity index (χ4v) is 7.08. The second kappa shape index (κ2) is 9.92. The van der Waals surface area contributed by atoms with Crippen LogP contribution in [-0.4, -0.2) is 58.1 Å². The summed E-state index contributed by atoms with van der Waals surface area (Å²) in [5.41, 5.74) is 1.97. The van der Waals surface area contributed by atoms with Crippen LogP contribution in [0.3, 0.4) is 0 Å². The van der Waals surface area contributed by atoms with Gasteiger partial charge in [0.15, 0.2) is 23.1 Å². The highest BCUT2D eigenvalue weighted by molar-refractivity contribution is 9.12. The lowest BCUT2D eigenvalue weighted by atomic mass is 9.59. The number of Topliss-reactive ketones (excluding diaryl/α,β-unsaturated/α-hetero) is 1. The maximum atomic E-state index is 13.6. The third kappa shape index (κ3) is 4.16. The number of likely N-dealkylation sites (tertiary alicyclic amines) is 1. The number of methoxy groups -OCH3 is 1. The lowest BCUT2D eigenvalue weighted by molar-refractivity contribution is -0.142. The first-order valence-corrected chi connectivity index (χ1v) is 13.7. The van der Waals surface area contributed by atoms with Gasteiger partial charge in [-0.1, -0.05) is 11.6 Å². The van der Waals surface area contributed by atoms with Gasteiger partial charge < -0.3 is 14.9 Å². The van der Waals surface area contributed by atoms with Crippen LogP contribution in [0.25, 0.3) is 0 Å². The molecule has 11 heteroatoms. The summed E-state index contributed by atoms with van der Waals surface area (Å²) in [5, 5.41) is 19.3. The summed E-state index contributed by atoms with van der Waals surface area (Å²) in [5.74, 6) is -4.85. The minimum absolute atomic E-state index is 0.0181. The summed E-state index contributed by atoms with van der Waals surface area (Å²) < 4.78 is 5.80. The molecule has 0 spiro atoms. The van der Waals surface area contributed by atoms with Gasteiger partial charge in [-0.15, -0.1) is 0 Å². The van der Waals surface area contributed by atoms with Gasteiger partial charge in [0, 0.05) is 36.1 Å². The number of imide groups is 1. The van der Waals surface area contributed by atoms with Gasteiger partial charge in [-0.25, -0.2) is 0 Å². The molecule has 2 N–H and O–H groups in total. The van der Waals surface area contributed by atoms with Crippen LogP contribution in [0.1, 0.15) is 37.2 Å². The molecule has 4 aliphatic rings. The number of carbonyl (C=O) groups is 5. The molecule has 198 valence electrons. The monoisotopic (exact) mass is 647 g/mol. The molecule has 1 aromatic carbocycles. The zero-order chi connectivity index (χ0) is 27.5. The zero-order valence-corrected chi connectivity index (χ0v) is 23.4. The van der Waals surface area contributed by atoms with E-state index in [9.17, 15) is 29.1 Å². The summed E-state index contributed by atoms with van der Waals surface area (Å²) in [4.78, 5) is 65.5. The van der Waals surface area contributed by atoms with E-state index in [2.05, 4.69) is 31.9 Å². The van der Waals surface area contributed by atoms with E-state index >= 15 is 0 Å². The molecule has 9 nitrogen and oxygen atoms in total. The molecule has 0 radical (unpaired) electrons. The number of carboxylic acid groups (broad SMARTS) is 1. The van der Waals surface area contributed by atoms with Gasteiger partial charge in [0.2, 0.25) is 11.8 Å². The third-order valence-electron chi connectivity index (χ3n) is 7.80. The Morgan fingerprint density at radius 3 is 2.55 bits per heavy atom. The molecule has 2 amide bonds. The Morgan fingerprint density at radius 1 is 1.13 bits per heavy atom. The van der Waals surface area contributed by atoms with E-state index in [0.29, 0.717) is 21.2 Å². The number of fused-ring (bicyclic) bond motifs is 3. The van der Waals surface area contributed by atoms with Crippen LogP contribution in [0.5, 0.6) is 11.5 Å². The minimum atomic E-state index is -1.00. The zero-order valence-electron chi connectivity index (χ0n) is 20.2. The molecule has 5 rings (SSSR count). The lowest BCUT2D eigenvalue weighted by Gasteiger charge is -2.42. The van der Waals surface area contributed by atoms with Gasteiger partial charge in [0.1, 0.15) is 0 Å². The Balaban J connectivity index is 1.61. The number of aromatic hydroxyl groups is 1. The highest BCUT2D eigenvalue weighted by atomic mass is 79.9. The van der Waals surface area contributed by atoms with Crippen LogP contribution >= 0.6 is 31.9 Å². The summed E-state index contributed by atoms with van der Waals surface area (Å²) in [6, 6.07) is 3.27. The molecular weight excluding hydrogens is 626 g/mol. The Hall–Kier alpha value is -3.05. The van der Waals surface area contributed by atoms with E-state index in [1.807, 2.05) is 6.08 Å². The summed E-state index contributed by atoms with van der Waals surface area (Å²) in [6.07, 6.45) is 3.55. The predicted octanol–water partition coefficient (Wildman–Crippen LogP) is 3.79. The molecule has 1 aromatic rings. The molecule has 0 bridgehead atoms. The Kier molecular flexibility index (Phi) is 6.93. The molecule has 4 atom stereocenters. The number of rotatable bonds is 6. The van der Waals surface area contributed by atoms with Crippen LogP contribution in [-0.2, 0) is 24.0 Å². The summed E-state index contributed by atoms with van der Waals surface area (Å²) >= 11 is 6.53. The van der Waals surface area contributed by atoms with Crippen molar-refractivity contribution in [1.29, 1.82) is 0 Å². The molecular formula is C27H23Br2NO8. The number of nitrogens with zero attached hydrogens (tertiary/aromatic N) is 1. The Labute approximate surface area is 234 Å².